The van der Waals surface area contributed by atoms with Gasteiger partial charge in [-0.2, -0.15) is 0 Å². The predicted molar refractivity (Wildman–Crippen MR) is 91.0 cm³/mol. The number of methoxy groups -OCH3 is 1. The fourth-order valence-electron chi connectivity index (χ4n) is 1.74. The first-order valence-corrected chi connectivity index (χ1v) is 10.6. The van der Waals surface area contributed by atoms with Crippen molar-refractivity contribution in [1.82, 2.24) is 0 Å². The average Bonchev–Trinajstić information content (AvgIpc) is 2.46. The molecule has 0 aliphatic carbocycles. The highest BCUT2D eigenvalue weighted by Crippen LogP contribution is 2.31. The van der Waals surface area contributed by atoms with Gasteiger partial charge in [0.1, 0.15) is 5.75 Å². The molecule has 23 heavy (non-hydrogen) atoms. The highest BCUT2D eigenvalue weighted by Gasteiger charge is 2.19. The summed E-state index contributed by atoms with van der Waals surface area (Å²) in [4.78, 5) is -0.227. The minimum absolute atomic E-state index is 0.0156. The summed E-state index contributed by atoms with van der Waals surface area (Å²) in [7, 11) is -1.30. The van der Waals surface area contributed by atoms with Crippen molar-refractivity contribution < 1.29 is 21.6 Å². The largest absolute Gasteiger partial charge is 0.495 e. The molecule has 0 saturated heterocycles. The van der Waals surface area contributed by atoms with Gasteiger partial charge in [-0.05, 0) is 42.5 Å². The fourth-order valence-corrected chi connectivity index (χ4v) is 3.84. The highest BCUT2D eigenvalue weighted by atomic mass is 79.9. The molecule has 0 aliphatic heterocycles. The van der Waals surface area contributed by atoms with Crippen LogP contribution in [0.25, 0.3) is 0 Å². The second-order valence-corrected chi connectivity index (χ2v) is 9.52. The number of halogens is 2. The first-order chi connectivity index (χ1) is 10.6. The Kier molecular flexibility index (Phi) is 5.24. The van der Waals surface area contributed by atoms with E-state index < -0.39 is 19.1 Å². The van der Waals surface area contributed by atoms with E-state index in [1.165, 1.54) is 31.4 Å². The summed E-state index contributed by atoms with van der Waals surface area (Å²) in [5.74, 6) is 0.162. The lowest BCUT2D eigenvalue weighted by Crippen LogP contribution is -2.14. The Morgan fingerprint density at radius 3 is 2.09 bits per heavy atom. The van der Waals surface area contributed by atoms with Crippen molar-refractivity contribution in [2.75, 3.05) is 11.8 Å². The van der Waals surface area contributed by atoms with Gasteiger partial charge >= 0.3 is 0 Å². The van der Waals surface area contributed by atoms with Crippen molar-refractivity contribution >= 4 is 51.4 Å². The van der Waals surface area contributed by atoms with E-state index >= 15 is 0 Å². The van der Waals surface area contributed by atoms with Gasteiger partial charge in [0.2, 0.25) is 0 Å². The third kappa shape index (κ3) is 4.37. The van der Waals surface area contributed by atoms with Crippen LogP contribution in [0.1, 0.15) is 0 Å². The first-order valence-electron chi connectivity index (χ1n) is 6.04. The van der Waals surface area contributed by atoms with Crippen molar-refractivity contribution in [2.24, 2.45) is 0 Å². The maximum Gasteiger partial charge on any atom is 0.262 e. The SMILES string of the molecule is COc1ccc(S(=O)(=O)Cl)cc1NS(=O)(=O)c1ccc(Br)cc1. The summed E-state index contributed by atoms with van der Waals surface area (Å²) in [5.41, 5.74) is -0.0304. The average molecular weight is 441 g/mol. The van der Waals surface area contributed by atoms with Crippen LogP contribution in [0.5, 0.6) is 5.75 Å². The topological polar surface area (TPSA) is 89.5 Å². The minimum Gasteiger partial charge on any atom is -0.495 e. The minimum atomic E-state index is -4.00. The zero-order chi connectivity index (χ0) is 17.3. The van der Waals surface area contributed by atoms with Crippen molar-refractivity contribution in [1.29, 1.82) is 0 Å². The summed E-state index contributed by atoms with van der Waals surface area (Å²) >= 11 is 3.22. The smallest absolute Gasteiger partial charge is 0.262 e. The molecule has 0 aliphatic rings. The summed E-state index contributed by atoms with van der Waals surface area (Å²) in [6, 6.07) is 9.59. The second-order valence-electron chi connectivity index (χ2n) is 4.36. The molecular formula is C13H11BrClNO5S2. The van der Waals surface area contributed by atoms with Gasteiger partial charge in [-0.15, -0.1) is 0 Å². The first kappa shape index (κ1) is 18.1. The van der Waals surface area contributed by atoms with E-state index in [-0.39, 0.29) is 21.2 Å². The lowest BCUT2D eigenvalue weighted by molar-refractivity contribution is 0.416. The van der Waals surface area contributed by atoms with Crippen LogP contribution in [0.4, 0.5) is 5.69 Å². The maximum atomic E-state index is 12.4. The van der Waals surface area contributed by atoms with Gasteiger partial charge in [0.15, 0.2) is 0 Å². The Labute approximate surface area is 147 Å². The summed E-state index contributed by atoms with van der Waals surface area (Å²) in [6.07, 6.45) is 0. The molecule has 0 radical (unpaired) electrons. The van der Waals surface area contributed by atoms with Crippen molar-refractivity contribution in [3.05, 3.63) is 46.9 Å². The molecule has 0 spiro atoms. The Bertz CT molecular complexity index is 927. The molecule has 0 unspecified atom stereocenters. The quantitative estimate of drug-likeness (QED) is 0.721. The molecule has 0 heterocycles. The Morgan fingerprint density at radius 1 is 1.00 bits per heavy atom. The Balaban J connectivity index is 2.47. The number of anilines is 1. The molecule has 0 bridgehead atoms. The van der Waals surface area contributed by atoms with Gasteiger partial charge < -0.3 is 4.74 Å². The van der Waals surface area contributed by atoms with E-state index in [0.717, 1.165) is 10.5 Å². The maximum absolute atomic E-state index is 12.4. The van der Waals surface area contributed by atoms with E-state index in [0.29, 0.717) is 0 Å². The van der Waals surface area contributed by atoms with E-state index in [4.69, 9.17) is 15.4 Å². The third-order valence-electron chi connectivity index (χ3n) is 2.82. The van der Waals surface area contributed by atoms with Crippen LogP contribution in [-0.4, -0.2) is 23.9 Å². The molecule has 124 valence electrons. The summed E-state index contributed by atoms with van der Waals surface area (Å²) in [6.45, 7) is 0. The molecule has 2 rings (SSSR count). The molecule has 0 fully saturated rings. The van der Waals surface area contributed by atoms with Gasteiger partial charge in [0.05, 0.1) is 22.6 Å². The number of sulfonamides is 1. The van der Waals surface area contributed by atoms with Crippen LogP contribution in [0.2, 0.25) is 0 Å². The zero-order valence-corrected chi connectivity index (χ0v) is 15.6. The van der Waals surface area contributed by atoms with E-state index in [2.05, 4.69) is 20.7 Å². The molecule has 0 amide bonds. The number of ether oxygens (including phenoxy) is 1. The standard InChI is InChI=1S/C13H11BrClNO5S2/c1-21-13-7-6-11(22(15,17)18)8-12(13)16-23(19,20)10-4-2-9(14)3-5-10/h2-8,16H,1H3. The number of nitrogens with one attached hydrogen (secondary N) is 1. The summed E-state index contributed by atoms with van der Waals surface area (Å²) in [5, 5.41) is 0. The van der Waals surface area contributed by atoms with Crippen LogP contribution in [0.3, 0.4) is 0 Å². The van der Waals surface area contributed by atoms with Crippen LogP contribution in [-0.2, 0) is 19.1 Å². The van der Waals surface area contributed by atoms with Gasteiger partial charge in [0, 0.05) is 15.2 Å². The number of hydrogen-bond donors (Lipinski definition) is 1. The van der Waals surface area contributed by atoms with Crippen LogP contribution >= 0.6 is 26.6 Å². The molecule has 1 N–H and O–H groups in total. The van der Waals surface area contributed by atoms with Crippen molar-refractivity contribution in [3.63, 3.8) is 0 Å². The van der Waals surface area contributed by atoms with Gasteiger partial charge in [0.25, 0.3) is 19.1 Å². The lowest BCUT2D eigenvalue weighted by atomic mass is 10.3. The predicted octanol–water partition coefficient (Wildman–Crippen LogP) is 3.19. The normalized spacial score (nSPS) is 12.0. The van der Waals surface area contributed by atoms with Gasteiger partial charge in [-0.1, -0.05) is 15.9 Å². The van der Waals surface area contributed by atoms with Crippen molar-refractivity contribution in [2.45, 2.75) is 9.79 Å². The summed E-state index contributed by atoms with van der Waals surface area (Å²) < 4.78 is 55.6. The Morgan fingerprint density at radius 2 is 1.57 bits per heavy atom. The number of rotatable bonds is 5. The number of hydrogen-bond acceptors (Lipinski definition) is 5. The van der Waals surface area contributed by atoms with Crippen LogP contribution in [0.15, 0.2) is 56.7 Å². The van der Waals surface area contributed by atoms with E-state index in [1.54, 1.807) is 12.1 Å². The molecule has 0 aromatic heterocycles. The molecule has 0 saturated carbocycles. The number of benzene rings is 2. The van der Waals surface area contributed by atoms with Crippen molar-refractivity contribution in [3.8, 4) is 5.75 Å². The molecule has 6 nitrogen and oxygen atoms in total. The highest BCUT2D eigenvalue weighted by molar-refractivity contribution is 9.10. The zero-order valence-electron chi connectivity index (χ0n) is 11.7. The van der Waals surface area contributed by atoms with E-state index in [1.807, 2.05) is 0 Å². The van der Waals surface area contributed by atoms with E-state index in [9.17, 15) is 16.8 Å². The van der Waals surface area contributed by atoms with Crippen LogP contribution < -0.4 is 9.46 Å². The molecule has 2 aromatic carbocycles. The van der Waals surface area contributed by atoms with Gasteiger partial charge in [-0.25, -0.2) is 16.8 Å². The molecule has 2 aromatic rings. The molecule has 0 atom stereocenters. The molecular weight excluding hydrogens is 430 g/mol. The fraction of sp³-hybridized carbons (Fsp3) is 0.0769. The lowest BCUT2D eigenvalue weighted by Gasteiger charge is -2.13. The van der Waals surface area contributed by atoms with Crippen LogP contribution in [0, 0.1) is 0 Å². The van der Waals surface area contributed by atoms with Gasteiger partial charge in [-0.3, -0.25) is 4.72 Å². The third-order valence-corrected chi connectivity index (χ3v) is 6.08. The Hall–Kier alpha value is -1.29. The molecule has 10 heteroatoms. The monoisotopic (exact) mass is 439 g/mol. The second kappa shape index (κ2) is 6.68.